The zero-order chi connectivity index (χ0) is 22.2. The van der Waals surface area contributed by atoms with Gasteiger partial charge in [0.15, 0.2) is 0 Å². The molecular weight excluding hydrogens is 520 g/mol. The predicted octanol–water partition coefficient (Wildman–Crippen LogP) is 6.44. The number of anilines is 2. The highest BCUT2D eigenvalue weighted by atomic mass is 35.5. The van der Waals surface area contributed by atoms with Gasteiger partial charge in [0, 0.05) is 44.4 Å². The molecular formula is C21H26Cl3F3N4OS. The predicted molar refractivity (Wildman–Crippen MR) is 134 cm³/mol. The molecule has 1 atom stereocenters. The average molecular weight is 546 g/mol. The summed E-state index contributed by atoms with van der Waals surface area (Å²) in [5, 5.41) is 4.12. The number of halogens is 6. The smallest absolute Gasteiger partial charge is 0.385 e. The summed E-state index contributed by atoms with van der Waals surface area (Å²) >= 11 is 6.88. The third kappa shape index (κ3) is 6.26. The molecule has 1 N–H and O–H groups in total. The highest BCUT2D eigenvalue weighted by molar-refractivity contribution is 7.16. The van der Waals surface area contributed by atoms with Gasteiger partial charge in [-0.25, -0.2) is 4.99 Å². The van der Waals surface area contributed by atoms with Crippen molar-refractivity contribution >= 4 is 70.0 Å². The molecule has 0 amide bonds. The number of aliphatic imine (C=N–C) groups is 1. The number of nitrogens with zero attached hydrogens (tertiary/aromatic N) is 3. The van der Waals surface area contributed by atoms with Crippen LogP contribution in [0.3, 0.4) is 0 Å². The van der Waals surface area contributed by atoms with Crippen molar-refractivity contribution in [3.63, 3.8) is 0 Å². The molecule has 1 aromatic heterocycles. The Morgan fingerprint density at radius 2 is 2.00 bits per heavy atom. The molecule has 1 saturated heterocycles. The fourth-order valence-electron chi connectivity index (χ4n) is 3.94. The first-order valence-electron chi connectivity index (χ1n) is 10.1. The lowest BCUT2D eigenvalue weighted by atomic mass is 10.1. The number of ether oxygens (including phenoxy) is 1. The van der Waals surface area contributed by atoms with Gasteiger partial charge in [-0.15, -0.1) is 36.2 Å². The minimum atomic E-state index is -4.41. The number of alkyl halides is 3. The van der Waals surface area contributed by atoms with Crippen molar-refractivity contribution < 1.29 is 17.9 Å². The van der Waals surface area contributed by atoms with E-state index in [-0.39, 0.29) is 30.9 Å². The summed E-state index contributed by atoms with van der Waals surface area (Å²) in [6.45, 7) is 2.86. The summed E-state index contributed by atoms with van der Waals surface area (Å²) in [7, 11) is 3.77. The van der Waals surface area contributed by atoms with Crippen LogP contribution in [-0.2, 0) is 10.9 Å². The molecule has 33 heavy (non-hydrogen) atoms. The van der Waals surface area contributed by atoms with Gasteiger partial charge in [0.05, 0.1) is 16.9 Å². The second kappa shape index (κ2) is 11.5. The van der Waals surface area contributed by atoms with Gasteiger partial charge in [-0.05, 0) is 44.2 Å². The van der Waals surface area contributed by atoms with Crippen LogP contribution in [0.5, 0.6) is 0 Å². The quantitative estimate of drug-likeness (QED) is 0.449. The van der Waals surface area contributed by atoms with Gasteiger partial charge in [0.1, 0.15) is 15.7 Å². The molecule has 1 aromatic carbocycles. The Morgan fingerprint density at radius 1 is 1.24 bits per heavy atom. The second-order valence-corrected chi connectivity index (χ2v) is 9.28. The van der Waals surface area contributed by atoms with Crippen molar-refractivity contribution in [1.82, 2.24) is 9.80 Å². The largest absolute Gasteiger partial charge is 0.425 e. The van der Waals surface area contributed by atoms with Gasteiger partial charge in [-0.2, -0.15) is 13.2 Å². The number of thiophene rings is 1. The second-order valence-electron chi connectivity index (χ2n) is 7.79. The van der Waals surface area contributed by atoms with Crippen LogP contribution in [0.15, 0.2) is 29.3 Å². The number of piperazine rings is 1. The number of nitrogens with one attached hydrogen (secondary N) is 1. The lowest BCUT2D eigenvalue weighted by Gasteiger charge is -2.41. The maximum atomic E-state index is 13.5. The monoisotopic (exact) mass is 544 g/mol. The SMILES string of the molecule is COCCC[C@H]1CN(C2=Nc3cc(Cl)ccc3Nc3sc(C(F)(F)F)cc32)CCN1C.Cl.Cl. The highest BCUT2D eigenvalue weighted by Gasteiger charge is 2.37. The molecule has 12 heteroatoms. The van der Waals surface area contributed by atoms with Crippen molar-refractivity contribution in [1.29, 1.82) is 0 Å². The summed E-state index contributed by atoms with van der Waals surface area (Å²) in [6.07, 6.45) is -2.54. The van der Waals surface area contributed by atoms with E-state index in [1.54, 1.807) is 25.3 Å². The first-order chi connectivity index (χ1) is 14.8. The zero-order valence-electron chi connectivity index (χ0n) is 18.1. The molecule has 2 aliphatic rings. The molecule has 0 unspecified atom stereocenters. The first-order valence-corrected chi connectivity index (χ1v) is 11.3. The number of fused-ring (bicyclic) bond motifs is 2. The van der Waals surface area contributed by atoms with Crippen LogP contribution in [0.4, 0.5) is 29.5 Å². The lowest BCUT2D eigenvalue weighted by Crippen LogP contribution is -2.53. The molecule has 184 valence electrons. The number of amidine groups is 1. The maximum absolute atomic E-state index is 13.5. The molecule has 5 nitrogen and oxygen atoms in total. The third-order valence-corrected chi connectivity index (χ3v) is 6.98. The topological polar surface area (TPSA) is 40.1 Å². The van der Waals surface area contributed by atoms with E-state index >= 15 is 0 Å². The number of hydrogen-bond acceptors (Lipinski definition) is 6. The summed E-state index contributed by atoms with van der Waals surface area (Å²) in [5.74, 6) is 0.556. The van der Waals surface area contributed by atoms with Crippen LogP contribution in [0.25, 0.3) is 0 Å². The molecule has 0 saturated carbocycles. The van der Waals surface area contributed by atoms with E-state index in [1.165, 1.54) is 6.07 Å². The van der Waals surface area contributed by atoms with Crippen molar-refractivity contribution in [3.05, 3.63) is 39.7 Å². The Balaban J connectivity index is 0.00000193. The molecule has 1 fully saturated rings. The number of likely N-dealkylation sites (N-methyl/N-ethyl adjacent to an activating group) is 1. The van der Waals surface area contributed by atoms with Crippen molar-refractivity contribution in [2.24, 2.45) is 4.99 Å². The number of hydrogen-bond donors (Lipinski definition) is 1. The fourth-order valence-corrected chi connectivity index (χ4v) is 5.04. The molecule has 3 heterocycles. The Kier molecular flexibility index (Phi) is 9.73. The molecule has 4 rings (SSSR count). The van der Waals surface area contributed by atoms with Crippen molar-refractivity contribution in [2.75, 3.05) is 45.7 Å². The molecule has 0 bridgehead atoms. The van der Waals surface area contributed by atoms with Crippen LogP contribution >= 0.6 is 47.8 Å². The van der Waals surface area contributed by atoms with Gasteiger partial charge in [0.25, 0.3) is 0 Å². The van der Waals surface area contributed by atoms with Gasteiger partial charge < -0.3 is 15.0 Å². The van der Waals surface area contributed by atoms with Crippen molar-refractivity contribution in [2.45, 2.75) is 25.1 Å². The van der Waals surface area contributed by atoms with Crippen LogP contribution < -0.4 is 5.32 Å². The normalized spacial score (nSPS) is 18.2. The summed E-state index contributed by atoms with van der Waals surface area (Å²) in [5.41, 5.74) is 1.74. The average Bonchev–Trinajstić information content (AvgIpc) is 3.07. The van der Waals surface area contributed by atoms with Crippen LogP contribution in [0, 0.1) is 0 Å². The van der Waals surface area contributed by atoms with E-state index < -0.39 is 11.1 Å². The van der Waals surface area contributed by atoms with Crippen molar-refractivity contribution in [3.8, 4) is 0 Å². The number of benzene rings is 1. The lowest BCUT2D eigenvalue weighted by molar-refractivity contribution is -0.134. The summed E-state index contributed by atoms with van der Waals surface area (Å²) < 4.78 is 45.6. The molecule has 2 aromatic rings. The van der Waals surface area contributed by atoms with E-state index in [0.29, 0.717) is 63.8 Å². The Labute approximate surface area is 212 Å². The van der Waals surface area contributed by atoms with Crippen LogP contribution in [0.2, 0.25) is 5.02 Å². The number of rotatable bonds is 4. The first kappa shape index (κ1) is 28.0. The van der Waals surface area contributed by atoms with E-state index in [2.05, 4.69) is 22.2 Å². The van der Waals surface area contributed by atoms with Gasteiger partial charge >= 0.3 is 6.18 Å². The molecule has 0 radical (unpaired) electrons. The highest BCUT2D eigenvalue weighted by Crippen LogP contribution is 2.44. The maximum Gasteiger partial charge on any atom is 0.425 e. The molecule has 0 spiro atoms. The van der Waals surface area contributed by atoms with E-state index in [0.717, 1.165) is 19.4 Å². The van der Waals surface area contributed by atoms with Gasteiger partial charge in [0.2, 0.25) is 0 Å². The van der Waals surface area contributed by atoms with E-state index in [1.807, 2.05) is 0 Å². The fraction of sp³-hybridized carbons (Fsp3) is 0.476. The Morgan fingerprint density at radius 3 is 2.70 bits per heavy atom. The summed E-state index contributed by atoms with van der Waals surface area (Å²) in [4.78, 5) is 8.56. The van der Waals surface area contributed by atoms with E-state index in [4.69, 9.17) is 21.3 Å². The standard InChI is InChI=1S/C21H24ClF3N4OS.2ClH/c1-28-7-8-29(12-14(28)4-3-9-30-2)19-15-11-18(21(23,24)25)31-20(15)27-16-6-5-13(22)10-17(16)26-19;;/h5-6,10-11,14,27H,3-4,7-9,12H2,1-2H3;2*1H/t14-;;/m0../s1. The third-order valence-electron chi connectivity index (χ3n) is 5.65. The minimum absolute atomic E-state index is 0. The van der Waals surface area contributed by atoms with Crippen LogP contribution in [0.1, 0.15) is 23.3 Å². The van der Waals surface area contributed by atoms with Crippen LogP contribution in [-0.4, -0.2) is 62.1 Å². The minimum Gasteiger partial charge on any atom is -0.385 e. The molecule has 2 aliphatic heterocycles. The zero-order valence-corrected chi connectivity index (χ0v) is 21.3. The number of methoxy groups -OCH3 is 1. The van der Waals surface area contributed by atoms with E-state index in [9.17, 15) is 13.2 Å². The van der Waals surface area contributed by atoms with Gasteiger partial charge in [-0.3, -0.25) is 4.90 Å². The Bertz CT molecular complexity index is 986. The van der Waals surface area contributed by atoms with Gasteiger partial charge in [-0.1, -0.05) is 11.6 Å². The molecule has 0 aliphatic carbocycles. The Hall–Kier alpha value is -1.23. The summed E-state index contributed by atoms with van der Waals surface area (Å²) in [6, 6.07) is 6.66.